The Kier molecular flexibility index (Phi) is 5.10. The summed E-state index contributed by atoms with van der Waals surface area (Å²) < 4.78 is 10.5. The molecule has 1 aromatic carbocycles. The Balaban J connectivity index is 1.88. The van der Waals surface area contributed by atoms with Crippen LogP contribution in [0, 0.1) is 19.8 Å². The second-order valence-electron chi connectivity index (χ2n) is 8.34. The number of methoxy groups -OCH3 is 1. The monoisotopic (exact) mass is 374 g/mol. The van der Waals surface area contributed by atoms with Gasteiger partial charge in [0.15, 0.2) is 0 Å². The molecule has 2 fully saturated rings. The van der Waals surface area contributed by atoms with Crippen molar-refractivity contribution < 1.29 is 19.1 Å². The van der Waals surface area contributed by atoms with Crippen LogP contribution < -0.4 is 9.64 Å². The number of aryl methyl sites for hydroxylation is 2. The molecule has 2 atom stereocenters. The van der Waals surface area contributed by atoms with E-state index in [1.807, 2.05) is 32.9 Å². The second kappa shape index (κ2) is 7.06. The van der Waals surface area contributed by atoms with Gasteiger partial charge in [-0.1, -0.05) is 6.92 Å². The van der Waals surface area contributed by atoms with Crippen LogP contribution in [-0.2, 0) is 9.53 Å². The number of cyclic esters (lactones) is 1. The number of anilines is 1. The summed E-state index contributed by atoms with van der Waals surface area (Å²) in [6.45, 7) is 11.0. The van der Waals surface area contributed by atoms with Gasteiger partial charge in [0.1, 0.15) is 12.4 Å². The maximum absolute atomic E-state index is 13.2. The van der Waals surface area contributed by atoms with E-state index in [9.17, 15) is 9.59 Å². The molecule has 0 N–H and O–H groups in total. The van der Waals surface area contributed by atoms with Gasteiger partial charge in [-0.05, 0) is 63.8 Å². The van der Waals surface area contributed by atoms with E-state index in [0.29, 0.717) is 0 Å². The van der Waals surface area contributed by atoms with Gasteiger partial charge < -0.3 is 14.4 Å². The smallest absolute Gasteiger partial charge is 0.417 e. The predicted octanol–water partition coefficient (Wildman–Crippen LogP) is 3.67. The molecule has 2 heterocycles. The second-order valence-corrected chi connectivity index (χ2v) is 8.34. The van der Waals surface area contributed by atoms with E-state index in [0.717, 1.165) is 36.3 Å². The fraction of sp³-hybridized carbons (Fsp3) is 0.619. The van der Waals surface area contributed by atoms with Crippen LogP contribution in [0.15, 0.2) is 12.1 Å². The Hall–Kier alpha value is -2.24. The third kappa shape index (κ3) is 3.37. The molecule has 0 bridgehead atoms. The van der Waals surface area contributed by atoms with E-state index in [-0.39, 0.29) is 24.5 Å². The first kappa shape index (κ1) is 19.5. The van der Waals surface area contributed by atoms with Crippen molar-refractivity contribution >= 4 is 17.7 Å². The summed E-state index contributed by atoms with van der Waals surface area (Å²) >= 11 is 0. The summed E-state index contributed by atoms with van der Waals surface area (Å²) in [5.41, 5.74) is 2.84. The number of ether oxygens (including phenoxy) is 2. The van der Waals surface area contributed by atoms with E-state index >= 15 is 0 Å². The summed E-state index contributed by atoms with van der Waals surface area (Å²) in [5, 5.41) is 0. The van der Waals surface area contributed by atoms with Crippen LogP contribution in [0.25, 0.3) is 0 Å². The number of rotatable bonds is 4. The Morgan fingerprint density at radius 3 is 2.44 bits per heavy atom. The zero-order valence-electron chi connectivity index (χ0n) is 17.2. The summed E-state index contributed by atoms with van der Waals surface area (Å²) in [7, 11) is 1.67. The van der Waals surface area contributed by atoms with Crippen molar-refractivity contribution in [2.24, 2.45) is 5.92 Å². The number of imide groups is 1. The third-order valence-electron chi connectivity index (χ3n) is 5.81. The predicted molar refractivity (Wildman–Crippen MR) is 104 cm³/mol. The Bertz CT molecular complexity index is 736. The van der Waals surface area contributed by atoms with Crippen molar-refractivity contribution in [3.8, 4) is 5.75 Å². The van der Waals surface area contributed by atoms with E-state index in [1.54, 1.807) is 7.11 Å². The minimum absolute atomic E-state index is 0.0625. The molecule has 0 saturated carbocycles. The SMILES string of the molecule is COc1cc(C)c(N2CCC[C@@H]2[C@@H](C)C(=O)N2C(=O)OCC2(C)C)c(C)c1. The van der Waals surface area contributed by atoms with Crippen LogP contribution in [0.1, 0.15) is 44.7 Å². The van der Waals surface area contributed by atoms with Gasteiger partial charge in [0.2, 0.25) is 5.91 Å². The van der Waals surface area contributed by atoms with Crippen LogP contribution in [0.3, 0.4) is 0 Å². The maximum atomic E-state index is 13.2. The van der Waals surface area contributed by atoms with Crippen LogP contribution in [0.2, 0.25) is 0 Å². The quantitative estimate of drug-likeness (QED) is 0.805. The van der Waals surface area contributed by atoms with Crippen molar-refractivity contribution in [2.75, 3.05) is 25.2 Å². The highest BCUT2D eigenvalue weighted by Crippen LogP contribution is 2.37. The molecule has 0 unspecified atom stereocenters. The van der Waals surface area contributed by atoms with Crippen molar-refractivity contribution in [3.63, 3.8) is 0 Å². The molecule has 27 heavy (non-hydrogen) atoms. The molecule has 148 valence electrons. The van der Waals surface area contributed by atoms with Gasteiger partial charge in [0.05, 0.1) is 18.6 Å². The Morgan fingerprint density at radius 1 is 1.30 bits per heavy atom. The van der Waals surface area contributed by atoms with E-state index in [1.165, 1.54) is 10.6 Å². The summed E-state index contributed by atoms with van der Waals surface area (Å²) in [5.74, 6) is 0.400. The molecule has 2 saturated heterocycles. The number of nitrogens with zero attached hydrogens (tertiary/aromatic N) is 2. The van der Waals surface area contributed by atoms with Crippen molar-refractivity contribution in [1.29, 1.82) is 0 Å². The normalized spacial score (nSPS) is 22.7. The molecule has 3 rings (SSSR count). The number of hydrogen-bond acceptors (Lipinski definition) is 5. The largest absolute Gasteiger partial charge is 0.497 e. The van der Waals surface area contributed by atoms with E-state index in [2.05, 4.69) is 18.7 Å². The zero-order chi connectivity index (χ0) is 19.9. The lowest BCUT2D eigenvalue weighted by atomic mass is 9.94. The molecular formula is C21H30N2O4. The first-order valence-electron chi connectivity index (χ1n) is 9.60. The number of amides is 2. The zero-order valence-corrected chi connectivity index (χ0v) is 17.2. The van der Waals surface area contributed by atoms with Crippen LogP contribution >= 0.6 is 0 Å². The standard InChI is InChI=1S/C21H30N2O4/c1-13-10-16(26-6)11-14(2)18(13)22-9-7-8-17(22)15(3)19(24)23-20(25)27-12-21(23,4)5/h10-11,15,17H,7-9,12H2,1-6H3/t15-,17-/m1/s1. The van der Waals surface area contributed by atoms with Gasteiger partial charge in [-0.3, -0.25) is 4.79 Å². The molecule has 6 nitrogen and oxygen atoms in total. The molecule has 0 aliphatic carbocycles. The summed E-state index contributed by atoms with van der Waals surface area (Å²) in [4.78, 5) is 29.0. The van der Waals surface area contributed by atoms with Crippen LogP contribution in [0.4, 0.5) is 10.5 Å². The lowest BCUT2D eigenvalue weighted by Gasteiger charge is -2.36. The van der Waals surface area contributed by atoms with Gasteiger partial charge in [-0.25, -0.2) is 9.69 Å². The highest BCUT2D eigenvalue weighted by Gasteiger charge is 2.47. The Morgan fingerprint density at radius 2 is 1.93 bits per heavy atom. The van der Waals surface area contributed by atoms with Gasteiger partial charge in [0, 0.05) is 18.3 Å². The molecular weight excluding hydrogens is 344 g/mol. The number of carbonyl (C=O) groups is 2. The molecule has 2 aliphatic heterocycles. The Labute approximate surface area is 161 Å². The van der Waals surface area contributed by atoms with Gasteiger partial charge in [0.25, 0.3) is 0 Å². The van der Waals surface area contributed by atoms with E-state index < -0.39 is 11.6 Å². The van der Waals surface area contributed by atoms with Crippen LogP contribution in [0.5, 0.6) is 5.75 Å². The third-order valence-corrected chi connectivity index (χ3v) is 5.81. The molecule has 0 radical (unpaired) electrons. The van der Waals surface area contributed by atoms with Crippen LogP contribution in [-0.4, -0.2) is 48.7 Å². The fourth-order valence-corrected chi connectivity index (χ4v) is 4.45. The number of hydrogen-bond donors (Lipinski definition) is 0. The van der Waals surface area contributed by atoms with Gasteiger partial charge in [-0.15, -0.1) is 0 Å². The van der Waals surface area contributed by atoms with E-state index in [4.69, 9.17) is 9.47 Å². The number of benzene rings is 1. The van der Waals surface area contributed by atoms with Crippen molar-refractivity contribution in [3.05, 3.63) is 23.3 Å². The summed E-state index contributed by atoms with van der Waals surface area (Å²) in [6, 6.07) is 4.13. The molecule has 0 aromatic heterocycles. The number of carbonyl (C=O) groups excluding carboxylic acids is 2. The lowest BCUT2D eigenvalue weighted by Crippen LogP contribution is -2.52. The summed E-state index contributed by atoms with van der Waals surface area (Å²) in [6.07, 6.45) is 1.43. The van der Waals surface area contributed by atoms with Gasteiger partial charge >= 0.3 is 6.09 Å². The van der Waals surface area contributed by atoms with Gasteiger partial charge in [-0.2, -0.15) is 0 Å². The minimum Gasteiger partial charge on any atom is -0.497 e. The maximum Gasteiger partial charge on any atom is 0.417 e. The highest BCUT2D eigenvalue weighted by molar-refractivity contribution is 5.96. The molecule has 2 aliphatic rings. The fourth-order valence-electron chi connectivity index (χ4n) is 4.45. The molecule has 1 aromatic rings. The average Bonchev–Trinajstić information content (AvgIpc) is 3.17. The topological polar surface area (TPSA) is 59.1 Å². The molecule has 6 heteroatoms. The molecule has 0 spiro atoms. The first-order chi connectivity index (χ1) is 12.7. The molecule has 2 amide bonds. The first-order valence-corrected chi connectivity index (χ1v) is 9.60. The van der Waals surface area contributed by atoms with Crippen molar-refractivity contribution in [1.82, 2.24) is 4.90 Å². The average molecular weight is 374 g/mol. The lowest BCUT2D eigenvalue weighted by molar-refractivity contribution is -0.135. The highest BCUT2D eigenvalue weighted by atomic mass is 16.6. The van der Waals surface area contributed by atoms with Crippen molar-refractivity contribution in [2.45, 2.75) is 59.0 Å². The minimum atomic E-state index is -0.599.